The molecule has 10 heteroatoms. The van der Waals surface area contributed by atoms with Crippen LogP contribution < -0.4 is 0 Å². The first-order valence-electron chi connectivity index (χ1n) is 8.25. The van der Waals surface area contributed by atoms with Crippen molar-refractivity contribution in [3.05, 3.63) is 80.2 Å². The van der Waals surface area contributed by atoms with E-state index in [1.807, 2.05) is 0 Å². The van der Waals surface area contributed by atoms with Gasteiger partial charge >= 0.3 is 5.97 Å². The van der Waals surface area contributed by atoms with Gasteiger partial charge in [-0.2, -0.15) is 0 Å². The molecule has 0 bridgehead atoms. The zero-order chi connectivity index (χ0) is 21.0. The predicted molar refractivity (Wildman–Crippen MR) is 106 cm³/mol. The number of nitro benzene ring substituents is 1. The number of aromatic nitrogens is 2. The minimum atomic E-state index is -0.799. The van der Waals surface area contributed by atoms with Crippen molar-refractivity contribution in [3.63, 3.8) is 0 Å². The van der Waals surface area contributed by atoms with Gasteiger partial charge in [0.2, 0.25) is 5.89 Å². The summed E-state index contributed by atoms with van der Waals surface area (Å²) in [5.41, 5.74) is 1.06. The van der Waals surface area contributed by atoms with E-state index in [4.69, 9.17) is 32.4 Å². The molecule has 1 unspecified atom stereocenters. The molecule has 1 atom stereocenters. The van der Waals surface area contributed by atoms with Gasteiger partial charge in [0.1, 0.15) is 0 Å². The largest absolute Gasteiger partial charge is 0.449 e. The summed E-state index contributed by atoms with van der Waals surface area (Å²) in [5, 5.41) is 19.3. The number of nitro groups is 1. The van der Waals surface area contributed by atoms with Gasteiger partial charge in [0, 0.05) is 33.8 Å². The highest BCUT2D eigenvalue weighted by atomic mass is 35.5. The van der Waals surface area contributed by atoms with Crippen LogP contribution in [0.4, 0.5) is 5.69 Å². The molecule has 1 aromatic heterocycles. The molecule has 0 radical (unpaired) electrons. The highest BCUT2D eigenvalue weighted by molar-refractivity contribution is 6.35. The molecule has 0 saturated heterocycles. The lowest BCUT2D eigenvalue weighted by atomic mass is 10.2. The number of hydrogen-bond acceptors (Lipinski definition) is 7. The number of hydrogen-bond donors (Lipinski definition) is 0. The van der Waals surface area contributed by atoms with Crippen molar-refractivity contribution in [3.8, 4) is 11.5 Å². The van der Waals surface area contributed by atoms with Crippen LogP contribution in [0.1, 0.15) is 24.5 Å². The van der Waals surface area contributed by atoms with Gasteiger partial charge in [-0.15, -0.1) is 10.2 Å². The van der Waals surface area contributed by atoms with Crippen molar-refractivity contribution >= 4 is 40.9 Å². The number of halogens is 2. The van der Waals surface area contributed by atoms with E-state index in [-0.39, 0.29) is 17.5 Å². The summed E-state index contributed by atoms with van der Waals surface area (Å²) < 4.78 is 10.7. The van der Waals surface area contributed by atoms with E-state index < -0.39 is 17.0 Å². The normalized spacial score (nSPS) is 12.1. The van der Waals surface area contributed by atoms with Crippen LogP contribution in [0.25, 0.3) is 17.5 Å². The van der Waals surface area contributed by atoms with Crippen LogP contribution in [0.5, 0.6) is 0 Å². The number of nitrogens with zero attached hydrogens (tertiary/aromatic N) is 3. The van der Waals surface area contributed by atoms with Gasteiger partial charge in [-0.1, -0.05) is 29.3 Å². The first-order valence-corrected chi connectivity index (χ1v) is 9.01. The molecule has 0 spiro atoms. The second-order valence-corrected chi connectivity index (χ2v) is 6.67. The van der Waals surface area contributed by atoms with Crippen LogP contribution in [-0.2, 0) is 9.53 Å². The molecule has 1 heterocycles. The maximum atomic E-state index is 12.0. The second kappa shape index (κ2) is 8.85. The Labute approximate surface area is 174 Å². The van der Waals surface area contributed by atoms with E-state index in [1.54, 1.807) is 25.1 Å². The Morgan fingerprint density at radius 3 is 2.59 bits per heavy atom. The highest BCUT2D eigenvalue weighted by Gasteiger charge is 2.18. The number of carbonyl (C=O) groups excluding carboxylic acids is 1. The summed E-state index contributed by atoms with van der Waals surface area (Å²) in [7, 11) is 0. The third kappa shape index (κ3) is 5.18. The first kappa shape index (κ1) is 20.5. The van der Waals surface area contributed by atoms with Gasteiger partial charge in [-0.25, -0.2) is 4.79 Å². The fraction of sp³-hybridized carbons (Fsp3) is 0.105. The highest BCUT2D eigenvalue weighted by Crippen LogP contribution is 2.25. The lowest BCUT2D eigenvalue weighted by molar-refractivity contribution is -0.384. The monoisotopic (exact) mass is 433 g/mol. The molecule has 3 aromatic rings. The van der Waals surface area contributed by atoms with Gasteiger partial charge in [0.25, 0.3) is 11.6 Å². The first-order chi connectivity index (χ1) is 13.8. The van der Waals surface area contributed by atoms with Crippen molar-refractivity contribution < 1.29 is 18.9 Å². The average molecular weight is 434 g/mol. The molecule has 8 nitrogen and oxygen atoms in total. The third-order valence-electron chi connectivity index (χ3n) is 3.77. The maximum Gasteiger partial charge on any atom is 0.331 e. The average Bonchev–Trinajstić information content (AvgIpc) is 3.18. The summed E-state index contributed by atoms with van der Waals surface area (Å²) in [6.45, 7) is 1.58. The number of esters is 1. The number of rotatable bonds is 6. The molecule has 0 fully saturated rings. The number of benzene rings is 2. The molecule has 148 valence electrons. The molecular formula is C19H13Cl2N3O5. The van der Waals surface area contributed by atoms with Gasteiger partial charge in [0.05, 0.1) is 4.92 Å². The van der Waals surface area contributed by atoms with Crippen LogP contribution in [0.3, 0.4) is 0 Å². The summed E-state index contributed by atoms with van der Waals surface area (Å²) in [6, 6.07) is 10.5. The zero-order valence-electron chi connectivity index (χ0n) is 14.9. The molecular weight excluding hydrogens is 421 g/mol. The maximum absolute atomic E-state index is 12.0. The third-order valence-corrected chi connectivity index (χ3v) is 4.33. The summed E-state index contributed by atoms with van der Waals surface area (Å²) in [5.74, 6) is -0.385. The van der Waals surface area contributed by atoms with E-state index in [0.29, 0.717) is 21.2 Å². The topological polar surface area (TPSA) is 108 Å². The van der Waals surface area contributed by atoms with Gasteiger partial charge in [-0.05, 0) is 42.8 Å². The lowest BCUT2D eigenvalue weighted by Gasteiger charge is -2.07. The Morgan fingerprint density at radius 1 is 1.21 bits per heavy atom. The van der Waals surface area contributed by atoms with Gasteiger partial charge in [0.15, 0.2) is 6.10 Å². The Kier molecular flexibility index (Phi) is 6.26. The molecule has 2 aromatic carbocycles. The minimum absolute atomic E-state index is 0.0524. The Morgan fingerprint density at radius 2 is 1.93 bits per heavy atom. The summed E-state index contributed by atoms with van der Waals surface area (Å²) in [4.78, 5) is 22.2. The Bertz CT molecular complexity index is 1080. The SMILES string of the molecule is CC(OC(=O)/C=C/c1ccc(Cl)cc1Cl)c1nnc(-c2ccc([N+](=O)[O-])cc2)o1. The van der Waals surface area contributed by atoms with Crippen LogP contribution >= 0.6 is 23.2 Å². The van der Waals surface area contributed by atoms with Crippen molar-refractivity contribution in [1.29, 1.82) is 0 Å². The van der Waals surface area contributed by atoms with Gasteiger partial charge < -0.3 is 9.15 Å². The molecule has 0 aliphatic heterocycles. The lowest BCUT2D eigenvalue weighted by Crippen LogP contribution is -2.06. The molecule has 29 heavy (non-hydrogen) atoms. The van der Waals surface area contributed by atoms with E-state index in [0.717, 1.165) is 0 Å². The van der Waals surface area contributed by atoms with E-state index in [2.05, 4.69) is 10.2 Å². The standard InChI is InChI=1S/C19H13Cl2N3O5/c1-11(28-17(25)9-5-12-2-6-14(20)10-16(12)21)18-22-23-19(29-18)13-3-7-15(8-4-13)24(26)27/h2-11H,1H3/b9-5+. The fourth-order valence-corrected chi connectivity index (χ4v) is 2.77. The molecule has 0 aliphatic rings. The van der Waals surface area contributed by atoms with E-state index in [1.165, 1.54) is 36.4 Å². The predicted octanol–water partition coefficient (Wildman–Crippen LogP) is 5.27. The van der Waals surface area contributed by atoms with Gasteiger partial charge in [-0.3, -0.25) is 10.1 Å². The van der Waals surface area contributed by atoms with Crippen LogP contribution in [-0.4, -0.2) is 21.1 Å². The quantitative estimate of drug-likeness (QED) is 0.225. The van der Waals surface area contributed by atoms with E-state index >= 15 is 0 Å². The van der Waals surface area contributed by atoms with Crippen molar-refractivity contribution in [2.45, 2.75) is 13.0 Å². The Balaban J connectivity index is 1.65. The molecule has 0 saturated carbocycles. The number of non-ortho nitro benzene ring substituents is 1. The van der Waals surface area contributed by atoms with Crippen molar-refractivity contribution in [2.75, 3.05) is 0 Å². The molecule has 3 rings (SSSR count). The smallest absolute Gasteiger partial charge is 0.331 e. The number of carbonyl (C=O) groups is 1. The Hall–Kier alpha value is -3.23. The number of ether oxygens (including phenoxy) is 1. The molecule has 0 N–H and O–H groups in total. The van der Waals surface area contributed by atoms with Crippen molar-refractivity contribution in [1.82, 2.24) is 10.2 Å². The van der Waals surface area contributed by atoms with Crippen LogP contribution in [0, 0.1) is 10.1 Å². The van der Waals surface area contributed by atoms with E-state index in [9.17, 15) is 14.9 Å². The minimum Gasteiger partial charge on any atom is -0.449 e. The van der Waals surface area contributed by atoms with Crippen molar-refractivity contribution in [2.24, 2.45) is 0 Å². The van der Waals surface area contributed by atoms with Crippen LogP contribution in [0.2, 0.25) is 10.0 Å². The van der Waals surface area contributed by atoms with Crippen LogP contribution in [0.15, 0.2) is 53.0 Å². The summed E-state index contributed by atoms with van der Waals surface area (Å²) >= 11 is 11.9. The molecule has 0 amide bonds. The molecule has 0 aliphatic carbocycles. The second-order valence-electron chi connectivity index (χ2n) is 5.83. The fourth-order valence-electron chi connectivity index (χ4n) is 2.30. The zero-order valence-corrected chi connectivity index (χ0v) is 16.4. The summed E-state index contributed by atoms with van der Waals surface area (Å²) in [6.07, 6.45) is 1.93.